The first-order chi connectivity index (χ1) is 11.2. The quantitative estimate of drug-likeness (QED) is 0.665. The summed E-state index contributed by atoms with van der Waals surface area (Å²) in [5.41, 5.74) is 1.15. The van der Waals surface area contributed by atoms with Crippen molar-refractivity contribution in [3.05, 3.63) is 29.3 Å². The Bertz CT molecular complexity index is 613. The van der Waals surface area contributed by atoms with E-state index in [0.29, 0.717) is 17.7 Å². The van der Waals surface area contributed by atoms with Gasteiger partial charge in [0.15, 0.2) is 0 Å². The topological polar surface area (TPSA) is 105 Å². The van der Waals surface area contributed by atoms with E-state index in [4.69, 9.17) is 9.84 Å². The molecule has 0 spiro atoms. The molecule has 0 saturated carbocycles. The predicted octanol–water partition coefficient (Wildman–Crippen LogP) is 1.35. The Morgan fingerprint density at radius 3 is 2.42 bits per heavy atom. The molecule has 0 aliphatic carbocycles. The Hall–Kier alpha value is -2.57. The molecule has 0 radical (unpaired) electrons. The fourth-order valence-corrected chi connectivity index (χ4v) is 2.21. The minimum absolute atomic E-state index is 0.128. The smallest absolute Gasteiger partial charge is 0.326 e. The number of amides is 2. The summed E-state index contributed by atoms with van der Waals surface area (Å²) in [6, 6.07) is 4.03. The molecule has 7 nitrogen and oxygen atoms in total. The van der Waals surface area contributed by atoms with Gasteiger partial charge in [0.1, 0.15) is 11.8 Å². The highest BCUT2D eigenvalue weighted by Crippen LogP contribution is 2.16. The first kappa shape index (κ1) is 19.5. The van der Waals surface area contributed by atoms with Gasteiger partial charge in [0.05, 0.1) is 13.7 Å². The Labute approximate surface area is 141 Å². The highest BCUT2D eigenvalue weighted by atomic mass is 16.5. The number of hydrogen-bond acceptors (Lipinski definition) is 4. The summed E-state index contributed by atoms with van der Waals surface area (Å²) in [6.07, 6.45) is 0.326. The van der Waals surface area contributed by atoms with Crippen LogP contribution in [0.3, 0.4) is 0 Å². The third kappa shape index (κ3) is 5.91. The zero-order valence-corrected chi connectivity index (χ0v) is 14.4. The first-order valence-electron chi connectivity index (χ1n) is 7.69. The Morgan fingerprint density at radius 1 is 1.25 bits per heavy atom. The van der Waals surface area contributed by atoms with Gasteiger partial charge in [-0.1, -0.05) is 13.8 Å². The highest BCUT2D eigenvalue weighted by molar-refractivity contribution is 5.98. The zero-order chi connectivity index (χ0) is 18.3. The standard InChI is InChI=1S/C17H24N2O5/c1-10(2)7-14(17(22)23)19-15(20)9-18-16(21)13-6-5-12(24-4)8-11(13)3/h5-6,8,10,14H,7,9H2,1-4H3,(H,18,21)(H,19,20)(H,22,23)/t14-/m0/s1. The number of carboxylic acids is 1. The first-order valence-corrected chi connectivity index (χ1v) is 7.69. The van der Waals surface area contributed by atoms with Gasteiger partial charge in [0.2, 0.25) is 5.91 Å². The molecule has 0 heterocycles. The second-order valence-electron chi connectivity index (χ2n) is 5.95. The Morgan fingerprint density at radius 2 is 1.92 bits per heavy atom. The number of aryl methyl sites for hydroxylation is 1. The van der Waals surface area contributed by atoms with Crippen LogP contribution in [0.15, 0.2) is 18.2 Å². The number of ether oxygens (including phenoxy) is 1. The van der Waals surface area contributed by atoms with Crippen LogP contribution in [0.1, 0.15) is 36.2 Å². The molecule has 1 aromatic carbocycles. The summed E-state index contributed by atoms with van der Waals surface area (Å²) < 4.78 is 5.07. The number of carbonyl (C=O) groups is 3. The second kappa shape index (κ2) is 8.90. The van der Waals surface area contributed by atoms with Crippen molar-refractivity contribution in [2.75, 3.05) is 13.7 Å². The average Bonchev–Trinajstić information content (AvgIpc) is 2.51. The lowest BCUT2D eigenvalue weighted by molar-refractivity contribution is -0.142. The lowest BCUT2D eigenvalue weighted by atomic mass is 10.0. The monoisotopic (exact) mass is 336 g/mol. The van der Waals surface area contributed by atoms with Crippen molar-refractivity contribution < 1.29 is 24.2 Å². The van der Waals surface area contributed by atoms with Gasteiger partial charge in [-0.05, 0) is 43.0 Å². The van der Waals surface area contributed by atoms with Crippen LogP contribution in [0.4, 0.5) is 0 Å². The van der Waals surface area contributed by atoms with E-state index in [1.165, 1.54) is 7.11 Å². The van der Waals surface area contributed by atoms with Gasteiger partial charge in [0.25, 0.3) is 5.91 Å². The minimum atomic E-state index is -1.09. The van der Waals surface area contributed by atoms with Gasteiger partial charge in [-0.2, -0.15) is 0 Å². The van der Waals surface area contributed by atoms with Crippen molar-refractivity contribution in [3.8, 4) is 5.75 Å². The Kier molecular flexibility index (Phi) is 7.23. The van der Waals surface area contributed by atoms with Crippen molar-refractivity contribution in [1.29, 1.82) is 0 Å². The van der Waals surface area contributed by atoms with Crippen molar-refractivity contribution >= 4 is 17.8 Å². The number of carboxylic acid groups (broad SMARTS) is 1. The van der Waals surface area contributed by atoms with E-state index < -0.39 is 23.8 Å². The maximum Gasteiger partial charge on any atom is 0.326 e. The molecule has 0 aromatic heterocycles. The van der Waals surface area contributed by atoms with Gasteiger partial charge in [-0.25, -0.2) is 4.79 Å². The average molecular weight is 336 g/mol. The molecule has 2 amide bonds. The molecule has 0 bridgehead atoms. The predicted molar refractivity (Wildman–Crippen MR) is 89.1 cm³/mol. The molecule has 24 heavy (non-hydrogen) atoms. The van der Waals surface area contributed by atoms with Gasteiger partial charge in [-0.15, -0.1) is 0 Å². The number of nitrogens with one attached hydrogen (secondary N) is 2. The lowest BCUT2D eigenvalue weighted by Crippen LogP contribution is -2.46. The maximum absolute atomic E-state index is 12.1. The van der Waals surface area contributed by atoms with E-state index in [9.17, 15) is 14.4 Å². The molecule has 3 N–H and O–H groups in total. The van der Waals surface area contributed by atoms with Crippen LogP contribution in [0.25, 0.3) is 0 Å². The van der Waals surface area contributed by atoms with Crippen molar-refractivity contribution in [2.45, 2.75) is 33.2 Å². The van der Waals surface area contributed by atoms with E-state index in [1.54, 1.807) is 25.1 Å². The Balaban J connectivity index is 2.60. The summed E-state index contributed by atoms with van der Waals surface area (Å²) in [5.74, 6) is -1.26. The number of rotatable bonds is 8. The fourth-order valence-electron chi connectivity index (χ4n) is 2.21. The van der Waals surface area contributed by atoms with Gasteiger partial charge >= 0.3 is 5.97 Å². The molecule has 0 fully saturated rings. The zero-order valence-electron chi connectivity index (χ0n) is 14.4. The van der Waals surface area contributed by atoms with Crippen LogP contribution >= 0.6 is 0 Å². The van der Waals surface area contributed by atoms with Crippen molar-refractivity contribution in [2.24, 2.45) is 5.92 Å². The van der Waals surface area contributed by atoms with Crippen LogP contribution in [0.5, 0.6) is 5.75 Å². The maximum atomic E-state index is 12.1. The summed E-state index contributed by atoms with van der Waals surface area (Å²) in [5, 5.41) is 14.0. The SMILES string of the molecule is COc1ccc(C(=O)NCC(=O)N[C@@H](CC(C)C)C(=O)O)c(C)c1. The summed E-state index contributed by atoms with van der Waals surface area (Å²) in [7, 11) is 1.54. The van der Waals surface area contributed by atoms with Crippen LogP contribution in [0, 0.1) is 12.8 Å². The number of methoxy groups -OCH3 is 1. The molecule has 0 saturated heterocycles. The highest BCUT2D eigenvalue weighted by Gasteiger charge is 2.21. The van der Waals surface area contributed by atoms with Crippen LogP contribution in [-0.2, 0) is 9.59 Å². The van der Waals surface area contributed by atoms with Gasteiger partial charge < -0.3 is 20.5 Å². The molecule has 0 aliphatic heterocycles. The molecule has 0 aliphatic rings. The molecule has 132 valence electrons. The lowest BCUT2D eigenvalue weighted by Gasteiger charge is -2.16. The van der Waals surface area contributed by atoms with Crippen LogP contribution in [-0.4, -0.2) is 42.6 Å². The summed E-state index contributed by atoms with van der Waals surface area (Å²) >= 11 is 0. The third-order valence-electron chi connectivity index (χ3n) is 3.43. The molecule has 0 unspecified atom stereocenters. The summed E-state index contributed by atoms with van der Waals surface area (Å²) in [6.45, 7) is 5.22. The second-order valence-corrected chi connectivity index (χ2v) is 5.95. The number of hydrogen-bond donors (Lipinski definition) is 3. The number of benzene rings is 1. The molecule has 1 atom stereocenters. The molecular weight excluding hydrogens is 312 g/mol. The van der Waals surface area contributed by atoms with Gasteiger partial charge in [-0.3, -0.25) is 9.59 Å². The minimum Gasteiger partial charge on any atom is -0.497 e. The third-order valence-corrected chi connectivity index (χ3v) is 3.43. The van der Waals surface area contributed by atoms with E-state index in [-0.39, 0.29) is 12.5 Å². The van der Waals surface area contributed by atoms with Crippen LogP contribution in [0.2, 0.25) is 0 Å². The largest absolute Gasteiger partial charge is 0.497 e. The van der Waals surface area contributed by atoms with E-state index in [2.05, 4.69) is 10.6 Å². The number of carbonyl (C=O) groups excluding carboxylic acids is 2. The molecule has 7 heteroatoms. The van der Waals surface area contributed by atoms with Crippen molar-refractivity contribution in [1.82, 2.24) is 10.6 Å². The van der Waals surface area contributed by atoms with Gasteiger partial charge in [0, 0.05) is 5.56 Å². The number of aliphatic carboxylic acids is 1. The van der Waals surface area contributed by atoms with Crippen LogP contribution < -0.4 is 15.4 Å². The van der Waals surface area contributed by atoms with E-state index >= 15 is 0 Å². The summed E-state index contributed by atoms with van der Waals surface area (Å²) in [4.78, 5) is 35.1. The van der Waals surface area contributed by atoms with E-state index in [1.807, 2.05) is 13.8 Å². The fraction of sp³-hybridized carbons (Fsp3) is 0.471. The normalized spacial score (nSPS) is 11.7. The molecule has 1 aromatic rings. The molecular formula is C17H24N2O5. The van der Waals surface area contributed by atoms with E-state index in [0.717, 1.165) is 5.56 Å². The molecule has 1 rings (SSSR count). The van der Waals surface area contributed by atoms with Crippen molar-refractivity contribution in [3.63, 3.8) is 0 Å².